The molecule has 0 aliphatic heterocycles. The number of anilines is 1. The minimum absolute atomic E-state index is 0.165. The van der Waals surface area contributed by atoms with E-state index in [-0.39, 0.29) is 28.8 Å². The van der Waals surface area contributed by atoms with Crippen molar-refractivity contribution in [2.75, 3.05) is 18.4 Å². The third-order valence-corrected chi connectivity index (χ3v) is 2.65. The molecular formula is C10H9Cl3N2O3. The van der Waals surface area contributed by atoms with Gasteiger partial charge in [0.2, 0.25) is 5.91 Å². The van der Waals surface area contributed by atoms with Gasteiger partial charge in [-0.15, -0.1) is 0 Å². The SMILES string of the molecule is O=C(O)CNCC(=O)Nc1c(Cl)cc(Cl)cc1Cl. The zero-order valence-electron chi connectivity index (χ0n) is 8.97. The van der Waals surface area contributed by atoms with Crippen LogP contribution in [-0.4, -0.2) is 30.1 Å². The highest BCUT2D eigenvalue weighted by Gasteiger charge is 2.11. The Hall–Kier alpha value is -1.01. The van der Waals surface area contributed by atoms with E-state index < -0.39 is 11.9 Å². The molecule has 0 spiro atoms. The van der Waals surface area contributed by atoms with E-state index in [0.717, 1.165) is 0 Å². The van der Waals surface area contributed by atoms with Crippen LogP contribution < -0.4 is 10.6 Å². The van der Waals surface area contributed by atoms with Crippen molar-refractivity contribution in [3.8, 4) is 0 Å². The van der Waals surface area contributed by atoms with Gasteiger partial charge in [-0.1, -0.05) is 34.8 Å². The number of carboxylic acid groups (broad SMARTS) is 1. The standard InChI is InChI=1S/C10H9Cl3N2O3/c11-5-1-6(12)10(7(13)2-5)15-8(16)3-14-4-9(17)18/h1-2,14H,3-4H2,(H,15,16)(H,17,18). The number of rotatable bonds is 5. The second-order valence-electron chi connectivity index (χ2n) is 3.29. The number of hydrogen-bond acceptors (Lipinski definition) is 3. The highest BCUT2D eigenvalue weighted by molar-refractivity contribution is 6.42. The first-order chi connectivity index (χ1) is 8.40. The van der Waals surface area contributed by atoms with E-state index in [1.807, 2.05) is 0 Å². The molecule has 5 nitrogen and oxygen atoms in total. The van der Waals surface area contributed by atoms with Gasteiger partial charge in [-0.25, -0.2) is 0 Å². The Kier molecular flexibility index (Phi) is 5.68. The van der Waals surface area contributed by atoms with Crippen LogP contribution in [0.1, 0.15) is 0 Å². The molecule has 0 bridgehead atoms. The predicted molar refractivity (Wildman–Crippen MR) is 70.6 cm³/mol. The van der Waals surface area contributed by atoms with Crippen molar-refractivity contribution in [3.05, 3.63) is 27.2 Å². The Bertz CT molecular complexity index is 456. The number of nitrogens with one attached hydrogen (secondary N) is 2. The van der Waals surface area contributed by atoms with Crippen LogP contribution in [-0.2, 0) is 9.59 Å². The summed E-state index contributed by atoms with van der Waals surface area (Å²) >= 11 is 17.4. The predicted octanol–water partition coefficient (Wildman–Crippen LogP) is 2.26. The molecular weight excluding hydrogens is 302 g/mol. The first-order valence-electron chi connectivity index (χ1n) is 4.77. The Labute approximate surface area is 118 Å². The van der Waals surface area contributed by atoms with Gasteiger partial charge < -0.3 is 10.4 Å². The van der Waals surface area contributed by atoms with Gasteiger partial charge in [-0.05, 0) is 12.1 Å². The molecule has 0 fully saturated rings. The lowest BCUT2D eigenvalue weighted by Crippen LogP contribution is -2.31. The lowest BCUT2D eigenvalue weighted by Gasteiger charge is -2.09. The summed E-state index contributed by atoms with van der Waals surface area (Å²) in [5.74, 6) is -1.51. The molecule has 0 aliphatic rings. The topological polar surface area (TPSA) is 78.4 Å². The lowest BCUT2D eigenvalue weighted by molar-refractivity contribution is -0.135. The number of aliphatic carboxylic acids is 1. The molecule has 3 N–H and O–H groups in total. The van der Waals surface area contributed by atoms with Crippen LogP contribution in [0.2, 0.25) is 15.1 Å². The molecule has 0 aromatic heterocycles. The smallest absolute Gasteiger partial charge is 0.317 e. The van der Waals surface area contributed by atoms with Crippen molar-refractivity contribution in [2.24, 2.45) is 0 Å². The normalized spacial score (nSPS) is 10.2. The maximum atomic E-state index is 11.5. The molecule has 1 aromatic rings. The number of carbonyl (C=O) groups is 2. The lowest BCUT2D eigenvalue weighted by atomic mass is 10.3. The van der Waals surface area contributed by atoms with Crippen molar-refractivity contribution in [1.82, 2.24) is 5.32 Å². The van der Waals surface area contributed by atoms with Gasteiger partial charge in [0.25, 0.3) is 0 Å². The number of carbonyl (C=O) groups excluding carboxylic acids is 1. The molecule has 1 amide bonds. The molecule has 0 aliphatic carbocycles. The van der Waals surface area contributed by atoms with Crippen LogP contribution in [0.25, 0.3) is 0 Å². The van der Waals surface area contributed by atoms with Gasteiger partial charge in [-0.2, -0.15) is 0 Å². The number of benzene rings is 1. The van der Waals surface area contributed by atoms with Crippen molar-refractivity contribution in [2.45, 2.75) is 0 Å². The Morgan fingerprint density at radius 2 is 1.67 bits per heavy atom. The average molecular weight is 312 g/mol. The summed E-state index contributed by atoms with van der Waals surface area (Å²) < 4.78 is 0. The van der Waals surface area contributed by atoms with E-state index in [1.54, 1.807) is 0 Å². The van der Waals surface area contributed by atoms with E-state index in [1.165, 1.54) is 12.1 Å². The summed E-state index contributed by atoms with van der Waals surface area (Å²) in [5, 5.41) is 14.0. The minimum atomic E-state index is -1.05. The Morgan fingerprint density at radius 1 is 1.11 bits per heavy atom. The second kappa shape index (κ2) is 6.80. The van der Waals surface area contributed by atoms with Gasteiger partial charge >= 0.3 is 5.97 Å². The third-order valence-electron chi connectivity index (χ3n) is 1.83. The van der Waals surface area contributed by atoms with E-state index in [4.69, 9.17) is 39.9 Å². The summed E-state index contributed by atoms with van der Waals surface area (Å²) in [5.41, 5.74) is 0.241. The molecule has 98 valence electrons. The fraction of sp³-hybridized carbons (Fsp3) is 0.200. The molecule has 0 saturated heterocycles. The van der Waals surface area contributed by atoms with E-state index in [0.29, 0.717) is 5.02 Å². The van der Waals surface area contributed by atoms with Crippen molar-refractivity contribution < 1.29 is 14.7 Å². The molecule has 8 heteroatoms. The summed E-state index contributed by atoms with van der Waals surface area (Å²) in [6.45, 7) is -0.475. The van der Waals surface area contributed by atoms with Crippen LogP contribution in [0.3, 0.4) is 0 Å². The van der Waals surface area contributed by atoms with Crippen LogP contribution >= 0.6 is 34.8 Å². The zero-order valence-corrected chi connectivity index (χ0v) is 11.2. The molecule has 0 heterocycles. The summed E-state index contributed by atoms with van der Waals surface area (Å²) in [6, 6.07) is 2.88. The van der Waals surface area contributed by atoms with E-state index >= 15 is 0 Å². The maximum Gasteiger partial charge on any atom is 0.317 e. The van der Waals surface area contributed by atoms with Gasteiger partial charge in [0.05, 0.1) is 28.8 Å². The third kappa shape index (κ3) is 4.70. The second-order valence-corrected chi connectivity index (χ2v) is 4.54. The van der Waals surface area contributed by atoms with Gasteiger partial charge in [0.15, 0.2) is 0 Å². The number of halogens is 3. The van der Waals surface area contributed by atoms with Gasteiger partial charge in [0, 0.05) is 5.02 Å². The average Bonchev–Trinajstić information content (AvgIpc) is 2.22. The van der Waals surface area contributed by atoms with Crippen LogP contribution in [0.4, 0.5) is 5.69 Å². The van der Waals surface area contributed by atoms with Gasteiger partial charge in [-0.3, -0.25) is 14.9 Å². The quantitative estimate of drug-likeness (QED) is 0.779. The molecule has 1 aromatic carbocycles. The van der Waals surface area contributed by atoms with Crippen LogP contribution in [0.5, 0.6) is 0 Å². The molecule has 18 heavy (non-hydrogen) atoms. The maximum absolute atomic E-state index is 11.5. The van der Waals surface area contributed by atoms with Crippen LogP contribution in [0, 0.1) is 0 Å². The first-order valence-corrected chi connectivity index (χ1v) is 5.90. The molecule has 0 atom stereocenters. The summed E-state index contributed by atoms with van der Waals surface area (Å²) in [4.78, 5) is 21.7. The van der Waals surface area contributed by atoms with Crippen molar-refractivity contribution in [1.29, 1.82) is 0 Å². The molecule has 0 saturated carbocycles. The first kappa shape index (κ1) is 15.0. The summed E-state index contributed by atoms with van der Waals surface area (Å²) in [6.07, 6.45) is 0. The largest absolute Gasteiger partial charge is 0.480 e. The number of amides is 1. The molecule has 0 radical (unpaired) electrons. The highest BCUT2D eigenvalue weighted by atomic mass is 35.5. The number of hydrogen-bond donors (Lipinski definition) is 3. The Balaban J connectivity index is 2.62. The zero-order chi connectivity index (χ0) is 13.7. The van der Waals surface area contributed by atoms with E-state index in [2.05, 4.69) is 10.6 Å². The molecule has 0 unspecified atom stereocenters. The van der Waals surface area contributed by atoms with Crippen molar-refractivity contribution >= 4 is 52.4 Å². The van der Waals surface area contributed by atoms with Gasteiger partial charge in [0.1, 0.15) is 0 Å². The Morgan fingerprint density at radius 3 is 2.17 bits per heavy atom. The fourth-order valence-corrected chi connectivity index (χ4v) is 2.04. The fourth-order valence-electron chi connectivity index (χ4n) is 1.13. The minimum Gasteiger partial charge on any atom is -0.480 e. The molecule has 1 rings (SSSR count). The van der Waals surface area contributed by atoms with E-state index in [9.17, 15) is 9.59 Å². The highest BCUT2D eigenvalue weighted by Crippen LogP contribution is 2.33. The number of carboxylic acids is 1. The van der Waals surface area contributed by atoms with Crippen LogP contribution in [0.15, 0.2) is 12.1 Å². The monoisotopic (exact) mass is 310 g/mol. The summed E-state index contributed by atoms with van der Waals surface area (Å²) in [7, 11) is 0. The van der Waals surface area contributed by atoms with Crippen molar-refractivity contribution in [3.63, 3.8) is 0 Å².